The predicted octanol–water partition coefficient (Wildman–Crippen LogP) is 2.80. The minimum Gasteiger partial charge on any atom is -0.350 e. The number of carbonyl (C=O) groups excluding carboxylic acids is 1. The molecule has 2 aromatic carbocycles. The normalized spacial score (nSPS) is 19.0. The molecule has 0 aliphatic carbocycles. The number of benzene rings is 2. The number of likely N-dealkylation sites (tertiary alicyclic amines) is 1. The lowest BCUT2D eigenvalue weighted by Crippen LogP contribution is -2.38. The van der Waals surface area contributed by atoms with Gasteiger partial charge < -0.3 is 10.2 Å². The van der Waals surface area contributed by atoms with Gasteiger partial charge in [-0.1, -0.05) is 24.3 Å². The zero-order chi connectivity index (χ0) is 14.8. The van der Waals surface area contributed by atoms with E-state index in [1.54, 1.807) is 24.3 Å². The highest BCUT2D eigenvalue weighted by atomic mass is 19.1. The second-order valence-electron chi connectivity index (χ2n) is 5.63. The summed E-state index contributed by atoms with van der Waals surface area (Å²) in [6.45, 7) is 1.72. The average molecular weight is 286 g/mol. The first kappa shape index (κ1) is 14.0. The predicted molar refractivity (Wildman–Crippen MR) is 81.9 cm³/mol. The molecule has 1 fully saturated rings. The number of carbonyl (C=O) groups is 1. The molecule has 1 saturated heterocycles. The molecule has 2 aromatic rings. The molecule has 1 aliphatic heterocycles. The summed E-state index contributed by atoms with van der Waals surface area (Å²) < 4.78 is 13.8. The van der Waals surface area contributed by atoms with Crippen LogP contribution in [0.2, 0.25) is 0 Å². The summed E-state index contributed by atoms with van der Waals surface area (Å²) >= 11 is 0. The molecule has 0 spiro atoms. The van der Waals surface area contributed by atoms with Gasteiger partial charge in [0, 0.05) is 23.5 Å². The van der Waals surface area contributed by atoms with Crippen LogP contribution in [0.1, 0.15) is 23.2 Å². The molecule has 3 nitrogen and oxygen atoms in total. The molecular formula is C17H19FN2O. The number of fused-ring (bicyclic) bond motifs is 1. The van der Waals surface area contributed by atoms with Crippen LogP contribution < -0.4 is 5.32 Å². The molecule has 1 amide bonds. The molecule has 1 atom stereocenters. The van der Waals surface area contributed by atoms with Gasteiger partial charge in [0.1, 0.15) is 5.82 Å². The van der Waals surface area contributed by atoms with Gasteiger partial charge in [-0.15, -0.1) is 0 Å². The van der Waals surface area contributed by atoms with Crippen molar-refractivity contribution < 1.29 is 9.18 Å². The van der Waals surface area contributed by atoms with Gasteiger partial charge in [0.25, 0.3) is 5.91 Å². The van der Waals surface area contributed by atoms with Gasteiger partial charge in [-0.2, -0.15) is 0 Å². The Bertz CT molecular complexity index is 671. The van der Waals surface area contributed by atoms with E-state index in [2.05, 4.69) is 17.3 Å². The van der Waals surface area contributed by atoms with Crippen LogP contribution in [0, 0.1) is 5.82 Å². The van der Waals surface area contributed by atoms with Crippen molar-refractivity contribution in [2.24, 2.45) is 0 Å². The van der Waals surface area contributed by atoms with Crippen LogP contribution in [0.3, 0.4) is 0 Å². The number of rotatable bonds is 3. The Morgan fingerprint density at radius 3 is 2.76 bits per heavy atom. The Morgan fingerprint density at radius 2 is 2.05 bits per heavy atom. The maximum Gasteiger partial charge on any atom is 0.251 e. The van der Waals surface area contributed by atoms with Crippen LogP contribution in [0.4, 0.5) is 4.39 Å². The summed E-state index contributed by atoms with van der Waals surface area (Å²) in [6, 6.07) is 10.4. The van der Waals surface area contributed by atoms with Gasteiger partial charge in [-0.25, -0.2) is 4.39 Å². The summed E-state index contributed by atoms with van der Waals surface area (Å²) in [7, 11) is 2.08. The molecule has 1 aliphatic rings. The van der Waals surface area contributed by atoms with Crippen molar-refractivity contribution in [2.75, 3.05) is 20.1 Å². The molecule has 0 radical (unpaired) electrons. The summed E-state index contributed by atoms with van der Waals surface area (Å²) in [5.41, 5.74) is 0.535. The van der Waals surface area contributed by atoms with E-state index in [0.29, 0.717) is 28.9 Å². The van der Waals surface area contributed by atoms with Gasteiger partial charge in [-0.3, -0.25) is 4.79 Å². The highest BCUT2D eigenvalue weighted by molar-refractivity contribution is 6.07. The summed E-state index contributed by atoms with van der Waals surface area (Å²) in [5, 5.41) is 4.13. The van der Waals surface area contributed by atoms with Crippen molar-refractivity contribution >= 4 is 16.7 Å². The van der Waals surface area contributed by atoms with E-state index in [4.69, 9.17) is 0 Å². The number of halogens is 1. The second kappa shape index (κ2) is 5.82. The average Bonchev–Trinajstić information content (AvgIpc) is 2.91. The number of hydrogen-bond donors (Lipinski definition) is 1. The minimum atomic E-state index is -0.294. The molecule has 0 bridgehead atoms. The Hall–Kier alpha value is -1.94. The van der Waals surface area contributed by atoms with Crippen molar-refractivity contribution in [1.82, 2.24) is 10.2 Å². The summed E-state index contributed by atoms with van der Waals surface area (Å²) in [5.74, 6) is -0.427. The van der Waals surface area contributed by atoms with Crippen LogP contribution in [0.25, 0.3) is 10.8 Å². The zero-order valence-corrected chi connectivity index (χ0v) is 12.1. The second-order valence-corrected chi connectivity index (χ2v) is 5.63. The third kappa shape index (κ3) is 2.76. The first-order chi connectivity index (χ1) is 10.2. The van der Waals surface area contributed by atoms with Gasteiger partial charge in [-0.05, 0) is 44.0 Å². The third-order valence-corrected chi connectivity index (χ3v) is 4.29. The first-order valence-electron chi connectivity index (χ1n) is 7.32. The molecule has 0 saturated carbocycles. The molecule has 4 heteroatoms. The van der Waals surface area contributed by atoms with E-state index in [1.165, 1.54) is 12.5 Å². The fourth-order valence-corrected chi connectivity index (χ4v) is 3.00. The minimum absolute atomic E-state index is 0.133. The number of nitrogens with one attached hydrogen (secondary N) is 1. The number of nitrogens with zero attached hydrogens (tertiary/aromatic N) is 1. The van der Waals surface area contributed by atoms with E-state index >= 15 is 0 Å². The molecule has 1 unspecified atom stereocenters. The maximum absolute atomic E-state index is 13.8. The molecule has 110 valence electrons. The summed E-state index contributed by atoms with van der Waals surface area (Å²) in [4.78, 5) is 14.6. The standard InChI is InChI=1S/C17H19FN2O/c1-20-10-4-5-12(20)11-19-17(21)15-8-9-16(18)14-7-3-2-6-13(14)15/h2-3,6-9,12H,4-5,10-11H2,1H3,(H,19,21). The topological polar surface area (TPSA) is 32.3 Å². The lowest BCUT2D eigenvalue weighted by Gasteiger charge is -2.19. The van der Waals surface area contributed by atoms with Crippen molar-refractivity contribution in [3.63, 3.8) is 0 Å². The highest BCUT2D eigenvalue weighted by Gasteiger charge is 2.21. The Kier molecular flexibility index (Phi) is 3.88. The zero-order valence-electron chi connectivity index (χ0n) is 12.1. The molecule has 0 aromatic heterocycles. The van der Waals surface area contributed by atoms with Crippen LogP contribution >= 0.6 is 0 Å². The van der Waals surface area contributed by atoms with Crippen molar-refractivity contribution in [2.45, 2.75) is 18.9 Å². The van der Waals surface area contributed by atoms with E-state index < -0.39 is 0 Å². The van der Waals surface area contributed by atoms with Crippen molar-refractivity contribution in [1.29, 1.82) is 0 Å². The SMILES string of the molecule is CN1CCCC1CNC(=O)c1ccc(F)c2ccccc12. The smallest absolute Gasteiger partial charge is 0.251 e. The lowest BCUT2D eigenvalue weighted by molar-refractivity contribution is 0.0945. The van der Waals surface area contributed by atoms with E-state index in [-0.39, 0.29) is 11.7 Å². The van der Waals surface area contributed by atoms with Crippen molar-refractivity contribution in [3.8, 4) is 0 Å². The largest absolute Gasteiger partial charge is 0.350 e. The molecule has 1 heterocycles. The van der Waals surface area contributed by atoms with Crippen LogP contribution in [0.5, 0.6) is 0 Å². The van der Waals surface area contributed by atoms with Crippen LogP contribution in [-0.4, -0.2) is 37.0 Å². The summed E-state index contributed by atoms with van der Waals surface area (Å²) in [6.07, 6.45) is 2.29. The van der Waals surface area contributed by atoms with Gasteiger partial charge in [0.15, 0.2) is 0 Å². The fourth-order valence-electron chi connectivity index (χ4n) is 3.00. The Balaban J connectivity index is 1.80. The lowest BCUT2D eigenvalue weighted by atomic mass is 10.0. The van der Waals surface area contributed by atoms with E-state index in [1.807, 2.05) is 6.07 Å². The number of likely N-dealkylation sites (N-methyl/N-ethyl adjacent to an activating group) is 1. The van der Waals surface area contributed by atoms with Crippen molar-refractivity contribution in [3.05, 3.63) is 47.8 Å². The highest BCUT2D eigenvalue weighted by Crippen LogP contribution is 2.22. The van der Waals surface area contributed by atoms with Gasteiger partial charge in [0.2, 0.25) is 0 Å². The Morgan fingerprint density at radius 1 is 1.29 bits per heavy atom. The number of hydrogen-bond acceptors (Lipinski definition) is 2. The first-order valence-corrected chi connectivity index (χ1v) is 7.32. The van der Waals surface area contributed by atoms with E-state index in [0.717, 1.165) is 13.0 Å². The van der Waals surface area contributed by atoms with E-state index in [9.17, 15) is 9.18 Å². The molecule has 21 heavy (non-hydrogen) atoms. The number of amides is 1. The van der Waals surface area contributed by atoms with Gasteiger partial charge >= 0.3 is 0 Å². The molecule has 3 rings (SSSR count). The molecular weight excluding hydrogens is 267 g/mol. The maximum atomic E-state index is 13.8. The monoisotopic (exact) mass is 286 g/mol. The van der Waals surface area contributed by atoms with Gasteiger partial charge in [0.05, 0.1) is 0 Å². The quantitative estimate of drug-likeness (QED) is 0.941. The Labute approximate surface area is 123 Å². The fraction of sp³-hybridized carbons (Fsp3) is 0.353. The van der Waals surface area contributed by atoms with Crippen LogP contribution in [0.15, 0.2) is 36.4 Å². The molecule has 1 N–H and O–H groups in total. The third-order valence-electron chi connectivity index (χ3n) is 4.29. The van der Waals surface area contributed by atoms with Crippen LogP contribution in [-0.2, 0) is 0 Å².